The summed E-state index contributed by atoms with van der Waals surface area (Å²) in [5, 5.41) is 2.62. The molecular formula is C27H30FN3O5S. The predicted octanol–water partition coefficient (Wildman–Crippen LogP) is 4.22. The van der Waals surface area contributed by atoms with Crippen LogP contribution in [-0.4, -0.2) is 48.2 Å². The molecule has 3 aromatic carbocycles. The molecule has 3 aromatic rings. The zero-order valence-electron chi connectivity index (χ0n) is 20.8. The van der Waals surface area contributed by atoms with Gasteiger partial charge in [-0.05, 0) is 67.3 Å². The molecule has 8 nitrogen and oxygen atoms in total. The summed E-state index contributed by atoms with van der Waals surface area (Å²) in [5.41, 5.74) is 1.59. The summed E-state index contributed by atoms with van der Waals surface area (Å²) in [6.45, 7) is 1.65. The number of benzene rings is 3. The fraction of sp³-hybridized carbons (Fsp3) is 0.296. The Bertz CT molecular complexity index is 1370. The summed E-state index contributed by atoms with van der Waals surface area (Å²) in [6, 6.07) is 15.8. The number of halogens is 1. The van der Waals surface area contributed by atoms with Crippen LogP contribution in [-0.2, 0) is 16.4 Å². The van der Waals surface area contributed by atoms with Crippen molar-refractivity contribution in [2.24, 2.45) is 0 Å². The minimum absolute atomic E-state index is 0.0630. The van der Waals surface area contributed by atoms with Crippen LogP contribution in [0.15, 0.2) is 65.6 Å². The smallest absolute Gasteiger partial charge is 0.258 e. The number of sulfonamides is 1. The maximum absolute atomic E-state index is 14.1. The van der Waals surface area contributed by atoms with Gasteiger partial charge < -0.3 is 19.7 Å². The van der Waals surface area contributed by atoms with Crippen molar-refractivity contribution in [2.45, 2.75) is 24.2 Å². The molecule has 0 radical (unpaired) electrons. The molecule has 196 valence electrons. The average molecular weight is 528 g/mol. The van der Waals surface area contributed by atoms with E-state index in [0.29, 0.717) is 23.6 Å². The Hall–Kier alpha value is -3.63. The third kappa shape index (κ3) is 6.20. The molecule has 10 heteroatoms. The van der Waals surface area contributed by atoms with Crippen molar-refractivity contribution in [1.29, 1.82) is 0 Å². The van der Waals surface area contributed by atoms with Gasteiger partial charge in [0.2, 0.25) is 10.0 Å². The molecule has 4 rings (SSSR count). The lowest BCUT2D eigenvalue weighted by molar-refractivity contribution is 0.102. The number of rotatable bonds is 10. The molecule has 0 atom stereocenters. The molecule has 0 aromatic heterocycles. The van der Waals surface area contributed by atoms with Gasteiger partial charge in [-0.1, -0.05) is 18.2 Å². The average Bonchev–Trinajstić information content (AvgIpc) is 3.43. The van der Waals surface area contributed by atoms with E-state index in [0.717, 1.165) is 31.5 Å². The number of nitrogens with zero attached hydrogens (tertiary/aromatic N) is 1. The van der Waals surface area contributed by atoms with E-state index in [9.17, 15) is 17.6 Å². The Kier molecular flexibility index (Phi) is 8.30. The number of methoxy groups -OCH3 is 2. The van der Waals surface area contributed by atoms with Gasteiger partial charge in [-0.2, -0.15) is 0 Å². The van der Waals surface area contributed by atoms with Gasteiger partial charge in [0.1, 0.15) is 10.7 Å². The molecule has 0 unspecified atom stereocenters. The van der Waals surface area contributed by atoms with Crippen LogP contribution in [0.4, 0.5) is 15.8 Å². The van der Waals surface area contributed by atoms with E-state index < -0.39 is 21.7 Å². The van der Waals surface area contributed by atoms with Crippen molar-refractivity contribution in [3.8, 4) is 11.5 Å². The number of anilines is 2. The molecule has 2 N–H and O–H groups in total. The van der Waals surface area contributed by atoms with Gasteiger partial charge in [-0.25, -0.2) is 17.5 Å². The molecule has 1 heterocycles. The Balaban J connectivity index is 1.55. The van der Waals surface area contributed by atoms with E-state index in [2.05, 4.69) is 10.0 Å². The fourth-order valence-corrected chi connectivity index (χ4v) is 5.59. The van der Waals surface area contributed by atoms with Gasteiger partial charge in [0.05, 0.1) is 25.5 Å². The molecule has 1 amide bonds. The van der Waals surface area contributed by atoms with Crippen LogP contribution in [0, 0.1) is 5.82 Å². The quantitative estimate of drug-likeness (QED) is 0.410. The maximum Gasteiger partial charge on any atom is 0.258 e. The predicted molar refractivity (Wildman–Crippen MR) is 141 cm³/mol. The maximum atomic E-state index is 14.1. The summed E-state index contributed by atoms with van der Waals surface area (Å²) in [6.07, 6.45) is 2.37. The van der Waals surface area contributed by atoms with Gasteiger partial charge in [0.15, 0.2) is 11.5 Å². The zero-order chi connectivity index (χ0) is 26.4. The van der Waals surface area contributed by atoms with Crippen LogP contribution in [0.3, 0.4) is 0 Å². The van der Waals surface area contributed by atoms with E-state index >= 15 is 0 Å². The van der Waals surface area contributed by atoms with E-state index in [1.54, 1.807) is 38.5 Å². The van der Waals surface area contributed by atoms with E-state index in [1.165, 1.54) is 24.3 Å². The van der Waals surface area contributed by atoms with Gasteiger partial charge in [0.25, 0.3) is 5.91 Å². The number of hydrogen-bond acceptors (Lipinski definition) is 6. The lowest BCUT2D eigenvalue weighted by Gasteiger charge is -2.22. The van der Waals surface area contributed by atoms with E-state index in [4.69, 9.17) is 9.47 Å². The lowest BCUT2D eigenvalue weighted by atomic mass is 10.1. The molecule has 0 bridgehead atoms. The molecule has 1 fully saturated rings. The largest absolute Gasteiger partial charge is 0.493 e. The number of nitrogens with one attached hydrogen (secondary N) is 2. The van der Waals surface area contributed by atoms with Gasteiger partial charge in [-0.3, -0.25) is 4.79 Å². The van der Waals surface area contributed by atoms with E-state index in [1.807, 2.05) is 17.0 Å². The van der Waals surface area contributed by atoms with Gasteiger partial charge in [-0.15, -0.1) is 0 Å². The normalized spacial score (nSPS) is 13.4. The highest BCUT2D eigenvalue weighted by molar-refractivity contribution is 7.89. The first-order valence-electron chi connectivity index (χ1n) is 12.0. The van der Waals surface area contributed by atoms with Crippen LogP contribution in [0.5, 0.6) is 11.5 Å². The van der Waals surface area contributed by atoms with Crippen LogP contribution >= 0.6 is 0 Å². The summed E-state index contributed by atoms with van der Waals surface area (Å²) in [4.78, 5) is 14.7. The van der Waals surface area contributed by atoms with Crippen LogP contribution in [0.1, 0.15) is 28.8 Å². The Morgan fingerprint density at radius 3 is 2.41 bits per heavy atom. The second-order valence-electron chi connectivity index (χ2n) is 8.65. The summed E-state index contributed by atoms with van der Waals surface area (Å²) < 4.78 is 54.2. The lowest BCUT2D eigenvalue weighted by Crippen LogP contribution is -2.29. The highest BCUT2D eigenvalue weighted by atomic mass is 32.2. The SMILES string of the molecule is COc1ccc(CCNS(=O)(=O)c2cc(NC(=O)c3ccccc3F)ccc2N2CCCC2)cc1OC. The standard InChI is InChI=1S/C27H30FN3O5S/c1-35-24-12-9-19(17-25(24)36-2)13-14-29-37(33,34)26-18-20(10-11-23(26)31-15-5-6-16-31)30-27(32)21-7-3-4-8-22(21)28/h3-4,7-12,17-18,29H,5-6,13-16H2,1-2H3,(H,30,32). The molecule has 1 saturated heterocycles. The highest BCUT2D eigenvalue weighted by Crippen LogP contribution is 2.31. The van der Waals surface area contributed by atoms with Gasteiger partial charge >= 0.3 is 0 Å². The molecule has 0 spiro atoms. The van der Waals surface area contributed by atoms with Gasteiger partial charge in [0, 0.05) is 25.3 Å². The first-order valence-corrected chi connectivity index (χ1v) is 13.5. The third-order valence-corrected chi connectivity index (χ3v) is 7.72. The van der Waals surface area contributed by atoms with Crippen molar-refractivity contribution < 1.29 is 27.1 Å². The van der Waals surface area contributed by atoms with Crippen LogP contribution in [0.2, 0.25) is 0 Å². The van der Waals surface area contributed by atoms with Crippen molar-refractivity contribution >= 4 is 27.3 Å². The zero-order valence-corrected chi connectivity index (χ0v) is 21.6. The Morgan fingerprint density at radius 1 is 0.973 bits per heavy atom. The molecule has 37 heavy (non-hydrogen) atoms. The molecular weight excluding hydrogens is 497 g/mol. The third-order valence-electron chi connectivity index (χ3n) is 6.23. The molecule has 0 aliphatic carbocycles. The first-order chi connectivity index (χ1) is 17.8. The Morgan fingerprint density at radius 2 is 1.70 bits per heavy atom. The number of ether oxygens (including phenoxy) is 2. The minimum atomic E-state index is -3.93. The minimum Gasteiger partial charge on any atom is -0.493 e. The van der Waals surface area contributed by atoms with Crippen molar-refractivity contribution in [2.75, 3.05) is 44.1 Å². The second kappa shape index (κ2) is 11.6. The molecule has 1 aliphatic heterocycles. The summed E-state index contributed by atoms with van der Waals surface area (Å²) in [5.74, 6) is -0.149. The summed E-state index contributed by atoms with van der Waals surface area (Å²) in [7, 11) is -0.835. The van der Waals surface area contributed by atoms with E-state index in [-0.39, 0.29) is 22.7 Å². The Labute approximate surface area is 216 Å². The van der Waals surface area contributed by atoms with Crippen molar-refractivity contribution in [3.05, 3.63) is 77.6 Å². The van der Waals surface area contributed by atoms with Crippen LogP contribution in [0.25, 0.3) is 0 Å². The van der Waals surface area contributed by atoms with Crippen molar-refractivity contribution in [3.63, 3.8) is 0 Å². The fourth-order valence-electron chi connectivity index (χ4n) is 4.31. The number of amides is 1. The second-order valence-corrected chi connectivity index (χ2v) is 10.4. The monoisotopic (exact) mass is 527 g/mol. The molecule has 0 saturated carbocycles. The van der Waals surface area contributed by atoms with Crippen molar-refractivity contribution in [1.82, 2.24) is 4.72 Å². The summed E-state index contributed by atoms with van der Waals surface area (Å²) >= 11 is 0. The number of hydrogen-bond donors (Lipinski definition) is 2. The molecule has 1 aliphatic rings. The number of carbonyl (C=O) groups excluding carboxylic acids is 1. The topological polar surface area (TPSA) is 97.0 Å². The number of carbonyl (C=O) groups is 1. The first kappa shape index (κ1) is 26.4. The highest BCUT2D eigenvalue weighted by Gasteiger charge is 2.25. The van der Waals surface area contributed by atoms with Crippen LogP contribution < -0.4 is 24.4 Å².